The van der Waals surface area contributed by atoms with Crippen molar-refractivity contribution in [3.63, 3.8) is 0 Å². The average Bonchev–Trinajstić information content (AvgIpc) is 2.64. The Kier molecular flexibility index (Phi) is 2.98. The average molecular weight is 235 g/mol. The van der Waals surface area contributed by atoms with Crippen LogP contribution < -0.4 is 9.47 Å². The second-order valence-electron chi connectivity index (χ2n) is 4.10. The Morgan fingerprint density at radius 1 is 1.18 bits per heavy atom. The van der Waals surface area contributed by atoms with E-state index in [2.05, 4.69) is 0 Å². The van der Waals surface area contributed by atoms with Gasteiger partial charge in [0, 0.05) is 30.3 Å². The number of rotatable bonds is 3. The van der Waals surface area contributed by atoms with E-state index in [4.69, 9.17) is 9.47 Å². The molecule has 2 rings (SSSR count). The summed E-state index contributed by atoms with van der Waals surface area (Å²) in [6.45, 7) is 1.76. The first-order valence-electron chi connectivity index (χ1n) is 5.47. The zero-order valence-corrected chi connectivity index (χ0v) is 10.5. The monoisotopic (exact) mass is 235 g/mol. The molecule has 0 fully saturated rings. The SMILES string of the molecule is COc1cc2c(C(C)O)cn(C)c2cc1OC. The molecule has 1 aromatic carbocycles. The predicted molar refractivity (Wildman–Crippen MR) is 66.7 cm³/mol. The van der Waals surface area contributed by atoms with Crippen molar-refractivity contribution in [2.24, 2.45) is 7.05 Å². The van der Waals surface area contributed by atoms with E-state index in [0.29, 0.717) is 11.5 Å². The maximum atomic E-state index is 9.74. The molecular formula is C13H17NO3. The van der Waals surface area contributed by atoms with Gasteiger partial charge in [0.15, 0.2) is 11.5 Å². The molecule has 1 N–H and O–H groups in total. The van der Waals surface area contributed by atoms with Crippen LogP contribution in [0.15, 0.2) is 18.3 Å². The summed E-state index contributed by atoms with van der Waals surface area (Å²) in [7, 11) is 5.16. The lowest BCUT2D eigenvalue weighted by atomic mass is 10.1. The highest BCUT2D eigenvalue weighted by Crippen LogP contribution is 2.35. The van der Waals surface area contributed by atoms with Crippen molar-refractivity contribution in [1.29, 1.82) is 0 Å². The number of benzene rings is 1. The first-order chi connectivity index (χ1) is 8.08. The fourth-order valence-corrected chi connectivity index (χ4v) is 2.07. The van der Waals surface area contributed by atoms with E-state index in [1.807, 2.05) is 29.9 Å². The normalized spacial score (nSPS) is 12.8. The number of aliphatic hydroxyl groups excluding tert-OH is 1. The largest absolute Gasteiger partial charge is 0.493 e. The van der Waals surface area contributed by atoms with Crippen LogP contribution in [0.2, 0.25) is 0 Å². The van der Waals surface area contributed by atoms with Gasteiger partial charge in [-0.3, -0.25) is 0 Å². The summed E-state index contributed by atoms with van der Waals surface area (Å²) >= 11 is 0. The van der Waals surface area contributed by atoms with Gasteiger partial charge in [-0.2, -0.15) is 0 Å². The van der Waals surface area contributed by atoms with Crippen LogP contribution in [0.1, 0.15) is 18.6 Å². The number of fused-ring (bicyclic) bond motifs is 1. The molecule has 0 saturated carbocycles. The first kappa shape index (κ1) is 11.8. The fourth-order valence-electron chi connectivity index (χ4n) is 2.07. The number of hydrogen-bond donors (Lipinski definition) is 1. The molecule has 0 bridgehead atoms. The Labute approximate surface area is 100 Å². The third-order valence-corrected chi connectivity index (χ3v) is 2.98. The molecule has 0 radical (unpaired) electrons. The molecule has 0 aliphatic carbocycles. The summed E-state index contributed by atoms with van der Waals surface area (Å²) in [5.74, 6) is 1.37. The van der Waals surface area contributed by atoms with Crippen molar-refractivity contribution in [3.05, 3.63) is 23.9 Å². The highest BCUT2D eigenvalue weighted by atomic mass is 16.5. The van der Waals surface area contributed by atoms with Crippen molar-refractivity contribution < 1.29 is 14.6 Å². The Morgan fingerprint density at radius 2 is 1.76 bits per heavy atom. The third kappa shape index (κ3) is 1.85. The third-order valence-electron chi connectivity index (χ3n) is 2.98. The Hall–Kier alpha value is -1.68. The minimum Gasteiger partial charge on any atom is -0.493 e. The molecule has 0 amide bonds. The van der Waals surface area contributed by atoms with Gasteiger partial charge in [-0.1, -0.05) is 0 Å². The fraction of sp³-hybridized carbons (Fsp3) is 0.385. The maximum absolute atomic E-state index is 9.74. The van der Waals surface area contributed by atoms with Crippen molar-refractivity contribution in [2.45, 2.75) is 13.0 Å². The molecule has 4 nitrogen and oxygen atoms in total. The van der Waals surface area contributed by atoms with Gasteiger partial charge in [-0.15, -0.1) is 0 Å². The summed E-state index contributed by atoms with van der Waals surface area (Å²) in [4.78, 5) is 0. The van der Waals surface area contributed by atoms with Crippen molar-refractivity contribution in [2.75, 3.05) is 14.2 Å². The minimum atomic E-state index is -0.503. The van der Waals surface area contributed by atoms with E-state index >= 15 is 0 Å². The number of hydrogen-bond acceptors (Lipinski definition) is 3. The number of aryl methyl sites for hydroxylation is 1. The molecule has 92 valence electrons. The summed E-state index contributed by atoms with van der Waals surface area (Å²) in [6.07, 6.45) is 1.42. The van der Waals surface area contributed by atoms with Crippen LogP contribution in [0.25, 0.3) is 10.9 Å². The molecule has 1 heterocycles. The molecule has 17 heavy (non-hydrogen) atoms. The minimum absolute atomic E-state index is 0.503. The van der Waals surface area contributed by atoms with Crippen LogP contribution in [0.5, 0.6) is 11.5 Å². The Bertz CT molecular complexity index is 543. The highest BCUT2D eigenvalue weighted by molar-refractivity contribution is 5.87. The molecular weight excluding hydrogens is 218 g/mol. The number of methoxy groups -OCH3 is 2. The molecule has 0 saturated heterocycles. The lowest BCUT2D eigenvalue weighted by Gasteiger charge is -2.09. The molecule has 2 aromatic rings. The van der Waals surface area contributed by atoms with Crippen molar-refractivity contribution in [3.8, 4) is 11.5 Å². The van der Waals surface area contributed by atoms with Gasteiger partial charge >= 0.3 is 0 Å². The van der Waals surface area contributed by atoms with Gasteiger partial charge in [0.2, 0.25) is 0 Å². The van der Waals surface area contributed by atoms with Gasteiger partial charge in [-0.25, -0.2) is 0 Å². The first-order valence-corrected chi connectivity index (χ1v) is 5.47. The Balaban J connectivity index is 2.75. The van der Waals surface area contributed by atoms with Crippen LogP contribution in [-0.4, -0.2) is 23.9 Å². The molecule has 1 aromatic heterocycles. The van der Waals surface area contributed by atoms with Crippen molar-refractivity contribution >= 4 is 10.9 Å². The molecule has 1 atom stereocenters. The second-order valence-corrected chi connectivity index (χ2v) is 4.10. The summed E-state index contributed by atoms with van der Waals surface area (Å²) in [5.41, 5.74) is 1.90. The molecule has 1 unspecified atom stereocenters. The quantitative estimate of drug-likeness (QED) is 0.887. The lowest BCUT2D eigenvalue weighted by molar-refractivity contribution is 0.200. The zero-order chi connectivity index (χ0) is 12.6. The summed E-state index contributed by atoms with van der Waals surface area (Å²) < 4.78 is 12.5. The van der Waals surface area contributed by atoms with Gasteiger partial charge in [0.1, 0.15) is 0 Å². The molecule has 0 aliphatic heterocycles. The molecule has 0 aliphatic rings. The van der Waals surface area contributed by atoms with E-state index in [9.17, 15) is 5.11 Å². The standard InChI is InChI=1S/C13H17NO3/c1-8(15)10-7-14(2)11-6-13(17-4)12(16-3)5-9(10)11/h5-8,15H,1-4H3. The number of nitrogens with zero attached hydrogens (tertiary/aromatic N) is 1. The summed E-state index contributed by atoms with van der Waals surface area (Å²) in [6, 6.07) is 3.82. The van der Waals surface area contributed by atoms with Crippen LogP contribution in [0, 0.1) is 0 Å². The van der Waals surface area contributed by atoms with E-state index in [-0.39, 0.29) is 0 Å². The second kappa shape index (κ2) is 4.30. The predicted octanol–water partition coefficient (Wildman–Crippen LogP) is 2.25. The highest BCUT2D eigenvalue weighted by Gasteiger charge is 2.14. The molecule has 0 spiro atoms. The van der Waals surface area contributed by atoms with Crippen LogP contribution >= 0.6 is 0 Å². The van der Waals surface area contributed by atoms with E-state index in [1.165, 1.54) is 0 Å². The van der Waals surface area contributed by atoms with E-state index < -0.39 is 6.10 Å². The number of ether oxygens (including phenoxy) is 2. The van der Waals surface area contributed by atoms with Gasteiger partial charge in [0.05, 0.1) is 25.8 Å². The van der Waals surface area contributed by atoms with Gasteiger partial charge in [-0.05, 0) is 13.0 Å². The van der Waals surface area contributed by atoms with Crippen LogP contribution in [-0.2, 0) is 7.05 Å². The van der Waals surface area contributed by atoms with Gasteiger partial charge in [0.25, 0.3) is 0 Å². The smallest absolute Gasteiger partial charge is 0.162 e. The Morgan fingerprint density at radius 3 is 2.29 bits per heavy atom. The topological polar surface area (TPSA) is 43.6 Å². The zero-order valence-electron chi connectivity index (χ0n) is 10.5. The van der Waals surface area contributed by atoms with Crippen LogP contribution in [0.3, 0.4) is 0 Å². The van der Waals surface area contributed by atoms with Crippen molar-refractivity contribution in [1.82, 2.24) is 4.57 Å². The van der Waals surface area contributed by atoms with E-state index in [0.717, 1.165) is 16.5 Å². The van der Waals surface area contributed by atoms with Gasteiger partial charge < -0.3 is 19.1 Å². The summed E-state index contributed by atoms with van der Waals surface area (Å²) in [5, 5.41) is 10.7. The van der Waals surface area contributed by atoms with E-state index in [1.54, 1.807) is 21.1 Å². The lowest BCUT2D eigenvalue weighted by Crippen LogP contribution is -1.92. The molecule has 4 heteroatoms. The number of aliphatic hydroxyl groups is 1. The maximum Gasteiger partial charge on any atom is 0.162 e. The number of aromatic nitrogens is 1. The van der Waals surface area contributed by atoms with Crippen LogP contribution in [0.4, 0.5) is 0 Å².